The fourth-order valence-electron chi connectivity index (χ4n) is 4.12. The Hall–Kier alpha value is -4.34. The van der Waals surface area contributed by atoms with Crippen LogP contribution in [0.3, 0.4) is 0 Å². The Morgan fingerprint density at radius 3 is 2.31 bits per heavy atom. The van der Waals surface area contributed by atoms with Crippen molar-refractivity contribution < 1.29 is 29.4 Å². The summed E-state index contributed by atoms with van der Waals surface area (Å²) in [5, 5.41) is 23.3. The zero-order valence-corrected chi connectivity index (χ0v) is 22.4. The quantitative estimate of drug-likeness (QED) is 0.0907. The van der Waals surface area contributed by atoms with Crippen LogP contribution < -0.4 is 15.5 Å². The Balaban J connectivity index is 1.71. The molecule has 4 aromatic rings. The first kappa shape index (κ1) is 27.7. The lowest BCUT2D eigenvalue weighted by Crippen LogP contribution is -2.31. The summed E-state index contributed by atoms with van der Waals surface area (Å²) in [6, 6.07) is 26.8. The molecule has 39 heavy (non-hydrogen) atoms. The van der Waals surface area contributed by atoms with Gasteiger partial charge in [-0.3, -0.25) is 15.3 Å². The number of ether oxygens (including phenoxy) is 2. The minimum Gasteiger partial charge on any atom is -0.507 e. The van der Waals surface area contributed by atoms with Gasteiger partial charge in [0.25, 0.3) is 5.91 Å². The zero-order valence-electron chi connectivity index (χ0n) is 20.8. The van der Waals surface area contributed by atoms with Gasteiger partial charge < -0.3 is 14.6 Å². The number of phenolic OH excluding ortho intramolecular Hbond substituents is 1. The molecule has 0 aromatic heterocycles. The van der Waals surface area contributed by atoms with Crippen molar-refractivity contribution >= 4 is 44.4 Å². The predicted octanol–water partition coefficient (Wildman–Crippen LogP) is 6.89. The van der Waals surface area contributed by atoms with E-state index in [1.54, 1.807) is 66.2 Å². The van der Waals surface area contributed by atoms with Gasteiger partial charge in [-0.25, -0.2) is 10.3 Å². The number of phenols is 1. The van der Waals surface area contributed by atoms with Crippen molar-refractivity contribution in [3.05, 3.63) is 113 Å². The molecule has 200 valence electrons. The number of halogens is 1. The monoisotopic (exact) mass is 590 g/mol. The molecular formula is C30H27BrN2O6. The average molecular weight is 591 g/mol. The van der Waals surface area contributed by atoms with Crippen molar-refractivity contribution in [2.75, 3.05) is 5.32 Å². The highest BCUT2D eigenvalue weighted by atomic mass is 79.9. The van der Waals surface area contributed by atoms with Crippen LogP contribution in [0.4, 0.5) is 10.5 Å². The van der Waals surface area contributed by atoms with Gasteiger partial charge in [-0.1, -0.05) is 70.5 Å². The molecule has 0 aliphatic heterocycles. The molecule has 9 heteroatoms. The third-order valence-corrected chi connectivity index (χ3v) is 6.46. The zero-order chi connectivity index (χ0) is 27.6. The minimum absolute atomic E-state index is 0.103. The second-order valence-corrected chi connectivity index (χ2v) is 9.52. The molecule has 0 bridgehead atoms. The molecule has 0 aliphatic rings. The number of carbonyl (C=O) groups is 2. The van der Waals surface area contributed by atoms with Crippen molar-refractivity contribution in [1.29, 1.82) is 0 Å². The molecule has 0 spiro atoms. The SMILES string of the molecule is O=C(/C=C/CC[C@H](Oc1ccccc1)[C@@H](OC(=O)Nc1ccc(Br)cc1)c1ccc(O)c2ccccc12)NO. The van der Waals surface area contributed by atoms with Gasteiger partial charge in [-0.2, -0.15) is 0 Å². The summed E-state index contributed by atoms with van der Waals surface area (Å²) >= 11 is 3.38. The number of amides is 2. The van der Waals surface area contributed by atoms with E-state index in [-0.39, 0.29) is 5.75 Å². The minimum atomic E-state index is -0.897. The lowest BCUT2D eigenvalue weighted by molar-refractivity contribution is -0.124. The number of rotatable bonds is 10. The summed E-state index contributed by atoms with van der Waals surface area (Å²) in [4.78, 5) is 24.6. The van der Waals surface area contributed by atoms with E-state index in [4.69, 9.17) is 14.7 Å². The van der Waals surface area contributed by atoms with Gasteiger partial charge >= 0.3 is 6.09 Å². The highest BCUT2D eigenvalue weighted by molar-refractivity contribution is 9.10. The molecule has 0 aliphatic carbocycles. The molecule has 0 radical (unpaired) electrons. The molecule has 0 saturated carbocycles. The van der Waals surface area contributed by atoms with Crippen LogP contribution in [0.1, 0.15) is 24.5 Å². The van der Waals surface area contributed by atoms with Crippen LogP contribution in [-0.4, -0.2) is 28.4 Å². The summed E-state index contributed by atoms with van der Waals surface area (Å²) < 4.78 is 13.3. The largest absolute Gasteiger partial charge is 0.507 e. The van der Waals surface area contributed by atoms with E-state index in [0.29, 0.717) is 40.6 Å². The second kappa shape index (κ2) is 13.5. The number of para-hydroxylation sites is 1. The third-order valence-electron chi connectivity index (χ3n) is 5.93. The highest BCUT2D eigenvalue weighted by Crippen LogP contribution is 2.36. The first-order valence-corrected chi connectivity index (χ1v) is 13.0. The Morgan fingerprint density at radius 1 is 0.897 bits per heavy atom. The molecule has 0 unspecified atom stereocenters. The molecule has 4 N–H and O–H groups in total. The van der Waals surface area contributed by atoms with Crippen LogP contribution in [0.15, 0.2) is 108 Å². The average Bonchev–Trinajstić information content (AvgIpc) is 2.95. The van der Waals surface area contributed by atoms with Crippen LogP contribution in [-0.2, 0) is 9.53 Å². The summed E-state index contributed by atoms with van der Waals surface area (Å²) in [7, 11) is 0. The van der Waals surface area contributed by atoms with E-state index in [1.807, 2.05) is 36.4 Å². The van der Waals surface area contributed by atoms with Crippen LogP contribution in [0.2, 0.25) is 0 Å². The highest BCUT2D eigenvalue weighted by Gasteiger charge is 2.30. The summed E-state index contributed by atoms with van der Waals surface area (Å²) in [6.07, 6.45) is 1.29. The Morgan fingerprint density at radius 2 is 1.59 bits per heavy atom. The van der Waals surface area contributed by atoms with Crippen molar-refractivity contribution in [1.82, 2.24) is 5.48 Å². The van der Waals surface area contributed by atoms with Crippen LogP contribution in [0, 0.1) is 0 Å². The lowest BCUT2D eigenvalue weighted by Gasteiger charge is -2.29. The third kappa shape index (κ3) is 7.59. The van der Waals surface area contributed by atoms with Crippen LogP contribution in [0.25, 0.3) is 10.8 Å². The lowest BCUT2D eigenvalue weighted by atomic mass is 9.94. The number of anilines is 1. The molecular weight excluding hydrogens is 564 g/mol. The smallest absolute Gasteiger partial charge is 0.412 e. The number of fused-ring (bicyclic) bond motifs is 1. The second-order valence-electron chi connectivity index (χ2n) is 8.60. The maximum atomic E-state index is 13.2. The molecule has 0 heterocycles. The molecule has 8 nitrogen and oxygen atoms in total. The van der Waals surface area contributed by atoms with Gasteiger partial charge in [0.15, 0.2) is 6.10 Å². The van der Waals surface area contributed by atoms with Crippen LogP contribution in [0.5, 0.6) is 11.5 Å². The number of carbonyl (C=O) groups excluding carboxylic acids is 2. The van der Waals surface area contributed by atoms with Gasteiger partial charge in [-0.15, -0.1) is 0 Å². The van der Waals surface area contributed by atoms with Gasteiger partial charge in [-0.05, 0) is 60.7 Å². The number of aromatic hydroxyl groups is 1. The van der Waals surface area contributed by atoms with E-state index in [1.165, 1.54) is 6.08 Å². The van der Waals surface area contributed by atoms with Crippen molar-refractivity contribution in [2.24, 2.45) is 0 Å². The molecule has 4 rings (SSSR count). The van der Waals surface area contributed by atoms with Gasteiger partial charge in [0, 0.05) is 27.2 Å². The first-order chi connectivity index (χ1) is 18.9. The maximum absolute atomic E-state index is 13.2. The number of hydrogen-bond donors (Lipinski definition) is 4. The molecule has 0 saturated heterocycles. The molecule has 2 atom stereocenters. The van der Waals surface area contributed by atoms with Gasteiger partial charge in [0.1, 0.15) is 17.6 Å². The first-order valence-electron chi connectivity index (χ1n) is 12.2. The molecule has 0 fully saturated rings. The number of allylic oxidation sites excluding steroid dienone is 1. The number of benzene rings is 4. The number of nitrogens with one attached hydrogen (secondary N) is 2. The standard InChI is InChI=1S/C30H27BrN2O6/c31-20-14-16-21(17-15-20)32-30(36)39-29(25-18-19-26(34)24-11-5-4-10-23(24)25)27(12-6-7-13-28(35)33-37)38-22-8-2-1-3-9-22/h1-5,7-11,13-19,27,29,34,37H,6,12H2,(H,32,36)(H,33,35)/b13-7+/t27-,29-/m0/s1. The molecule has 2 amide bonds. The fraction of sp³-hybridized carbons (Fsp3) is 0.133. The van der Waals surface area contributed by atoms with Crippen LogP contribution >= 0.6 is 15.9 Å². The summed E-state index contributed by atoms with van der Waals surface area (Å²) in [5.41, 5.74) is 2.76. The molecule has 4 aromatic carbocycles. The van der Waals surface area contributed by atoms with E-state index in [9.17, 15) is 14.7 Å². The normalized spacial score (nSPS) is 12.6. The van der Waals surface area contributed by atoms with E-state index >= 15 is 0 Å². The fourth-order valence-corrected chi connectivity index (χ4v) is 4.39. The summed E-state index contributed by atoms with van der Waals surface area (Å²) in [5.74, 6) is 0.0252. The predicted molar refractivity (Wildman–Crippen MR) is 152 cm³/mol. The van der Waals surface area contributed by atoms with Crippen molar-refractivity contribution in [2.45, 2.75) is 25.0 Å². The topological polar surface area (TPSA) is 117 Å². The number of hydrogen-bond acceptors (Lipinski definition) is 6. The number of hydroxylamine groups is 1. The van der Waals surface area contributed by atoms with E-state index in [2.05, 4.69) is 21.2 Å². The van der Waals surface area contributed by atoms with E-state index in [0.717, 1.165) is 4.47 Å². The van der Waals surface area contributed by atoms with E-state index < -0.39 is 24.2 Å². The van der Waals surface area contributed by atoms with Crippen molar-refractivity contribution in [3.8, 4) is 11.5 Å². The Bertz CT molecular complexity index is 1440. The Labute approximate surface area is 234 Å². The Kier molecular flexibility index (Phi) is 9.55. The maximum Gasteiger partial charge on any atom is 0.412 e. The summed E-state index contributed by atoms with van der Waals surface area (Å²) in [6.45, 7) is 0. The van der Waals surface area contributed by atoms with Gasteiger partial charge in [0.05, 0.1) is 0 Å². The van der Waals surface area contributed by atoms with Crippen molar-refractivity contribution in [3.63, 3.8) is 0 Å². The van der Waals surface area contributed by atoms with Gasteiger partial charge in [0.2, 0.25) is 0 Å².